The molecule has 0 spiro atoms. The minimum atomic E-state index is 0.130. The number of alkyl halides is 1. The van der Waals surface area contributed by atoms with Gasteiger partial charge in [-0.15, -0.1) is 0 Å². The quantitative estimate of drug-likeness (QED) is 0.624. The highest BCUT2D eigenvalue weighted by Gasteiger charge is 2.15. The summed E-state index contributed by atoms with van der Waals surface area (Å²) in [6.07, 6.45) is 3.49. The van der Waals surface area contributed by atoms with E-state index in [-0.39, 0.29) is 5.41 Å². The van der Waals surface area contributed by atoms with Gasteiger partial charge in [-0.25, -0.2) is 0 Å². The summed E-state index contributed by atoms with van der Waals surface area (Å²) < 4.78 is 0. The number of hydrogen-bond donors (Lipinski definition) is 0. The summed E-state index contributed by atoms with van der Waals surface area (Å²) in [6.45, 7) is 4.14. The highest BCUT2D eigenvalue weighted by Crippen LogP contribution is 2.23. The van der Waals surface area contributed by atoms with Gasteiger partial charge in [0.2, 0.25) is 0 Å². The van der Waals surface area contributed by atoms with Crippen molar-refractivity contribution in [1.29, 1.82) is 0 Å². The van der Waals surface area contributed by atoms with Gasteiger partial charge in [-0.1, -0.05) is 29.8 Å². The molecule has 0 heterocycles. The van der Waals surface area contributed by atoms with Crippen molar-refractivity contribution in [3.05, 3.63) is 0 Å². The molecule has 0 aliphatic carbocycles. The van der Waals surface area contributed by atoms with Gasteiger partial charge >= 0.3 is 0 Å². The summed E-state index contributed by atoms with van der Waals surface area (Å²) in [5.41, 5.74) is 0.130. The standard InChI is InChI=1S/C7H12BrO/c1-7(2,3-5-8)4-6-9/h3-5H2,1-2H3. The zero-order valence-corrected chi connectivity index (χ0v) is 7.49. The van der Waals surface area contributed by atoms with Crippen molar-refractivity contribution in [2.75, 3.05) is 5.33 Å². The van der Waals surface area contributed by atoms with Crippen LogP contribution in [0, 0.1) is 5.41 Å². The van der Waals surface area contributed by atoms with Crippen molar-refractivity contribution in [3.63, 3.8) is 0 Å². The van der Waals surface area contributed by atoms with Crippen molar-refractivity contribution in [2.45, 2.75) is 26.7 Å². The average Bonchev–Trinajstić information content (AvgIpc) is 1.64. The molecule has 0 saturated carbocycles. The maximum Gasteiger partial charge on any atom is 0.198 e. The molecule has 0 N–H and O–H groups in total. The van der Waals surface area contributed by atoms with E-state index in [1.807, 2.05) is 6.29 Å². The van der Waals surface area contributed by atoms with Crippen molar-refractivity contribution >= 4 is 22.2 Å². The van der Waals surface area contributed by atoms with Crippen LogP contribution >= 0.6 is 15.9 Å². The molecule has 0 aromatic carbocycles. The predicted molar refractivity (Wildman–Crippen MR) is 42.5 cm³/mol. The molecule has 0 aromatic rings. The average molecular weight is 192 g/mol. The van der Waals surface area contributed by atoms with Gasteiger partial charge in [-0.2, -0.15) is 0 Å². The Morgan fingerprint density at radius 2 is 2.11 bits per heavy atom. The third-order valence-electron chi connectivity index (χ3n) is 1.32. The van der Waals surface area contributed by atoms with E-state index >= 15 is 0 Å². The lowest BCUT2D eigenvalue weighted by molar-refractivity contribution is 0.363. The summed E-state index contributed by atoms with van der Waals surface area (Å²) >= 11 is 3.33. The van der Waals surface area contributed by atoms with Gasteiger partial charge in [0.1, 0.15) is 0 Å². The Hall–Kier alpha value is 0.150. The van der Waals surface area contributed by atoms with Crippen molar-refractivity contribution < 1.29 is 4.79 Å². The smallest absolute Gasteiger partial charge is 0.198 e. The second-order valence-corrected chi connectivity index (χ2v) is 3.72. The fourth-order valence-corrected chi connectivity index (χ4v) is 1.61. The van der Waals surface area contributed by atoms with Crippen LogP contribution in [-0.2, 0) is 4.79 Å². The summed E-state index contributed by atoms with van der Waals surface area (Å²) in [7, 11) is 0. The molecule has 0 aromatic heterocycles. The van der Waals surface area contributed by atoms with E-state index in [1.54, 1.807) is 0 Å². The predicted octanol–water partition coefficient (Wildman–Crippen LogP) is 2.30. The van der Waals surface area contributed by atoms with E-state index in [4.69, 9.17) is 0 Å². The first-order chi connectivity index (χ1) is 4.12. The van der Waals surface area contributed by atoms with Gasteiger partial charge in [0.25, 0.3) is 0 Å². The minimum Gasteiger partial charge on any atom is -0.291 e. The molecule has 0 amide bonds. The summed E-state index contributed by atoms with van der Waals surface area (Å²) in [5.74, 6) is 0. The van der Waals surface area contributed by atoms with E-state index in [2.05, 4.69) is 29.8 Å². The molecule has 0 rings (SSSR count). The molecule has 53 valence electrons. The molecule has 0 unspecified atom stereocenters. The largest absolute Gasteiger partial charge is 0.291 e. The van der Waals surface area contributed by atoms with Gasteiger partial charge in [0.15, 0.2) is 6.29 Å². The topological polar surface area (TPSA) is 17.1 Å². The molecule has 0 bridgehead atoms. The fourth-order valence-electron chi connectivity index (χ4n) is 0.540. The zero-order valence-electron chi connectivity index (χ0n) is 5.91. The Morgan fingerprint density at radius 3 is 2.44 bits per heavy atom. The monoisotopic (exact) mass is 191 g/mol. The Morgan fingerprint density at radius 1 is 1.56 bits per heavy atom. The Kier molecular flexibility index (Phi) is 4.11. The van der Waals surface area contributed by atoms with E-state index < -0.39 is 0 Å². The van der Waals surface area contributed by atoms with Gasteiger partial charge < -0.3 is 0 Å². The third-order valence-corrected chi connectivity index (χ3v) is 1.72. The first-order valence-corrected chi connectivity index (χ1v) is 4.15. The van der Waals surface area contributed by atoms with E-state index in [1.165, 1.54) is 0 Å². The van der Waals surface area contributed by atoms with E-state index in [9.17, 15) is 4.79 Å². The second-order valence-electron chi connectivity index (χ2n) is 2.92. The van der Waals surface area contributed by atoms with Crippen molar-refractivity contribution in [2.24, 2.45) is 5.41 Å². The Labute approximate surface area is 65.0 Å². The van der Waals surface area contributed by atoms with E-state index in [0.29, 0.717) is 6.42 Å². The number of rotatable bonds is 4. The maximum absolute atomic E-state index is 9.95. The molecule has 0 atom stereocenters. The van der Waals surface area contributed by atoms with E-state index in [0.717, 1.165) is 11.8 Å². The van der Waals surface area contributed by atoms with Crippen molar-refractivity contribution in [1.82, 2.24) is 0 Å². The van der Waals surface area contributed by atoms with Gasteiger partial charge in [0.05, 0.1) is 0 Å². The number of carbonyl (C=O) groups excluding carboxylic acids is 1. The highest BCUT2D eigenvalue weighted by molar-refractivity contribution is 9.09. The lowest BCUT2D eigenvalue weighted by Crippen LogP contribution is -2.11. The van der Waals surface area contributed by atoms with Crippen LogP contribution in [0.25, 0.3) is 0 Å². The summed E-state index contributed by atoms with van der Waals surface area (Å²) in [6, 6.07) is 0. The summed E-state index contributed by atoms with van der Waals surface area (Å²) in [4.78, 5) is 9.95. The van der Waals surface area contributed by atoms with Crippen LogP contribution in [0.4, 0.5) is 0 Å². The Balaban J connectivity index is 3.55. The molecule has 0 aliphatic rings. The molecule has 0 aliphatic heterocycles. The lowest BCUT2D eigenvalue weighted by atomic mass is 9.87. The first kappa shape index (κ1) is 9.15. The molecule has 2 heteroatoms. The van der Waals surface area contributed by atoms with Crippen LogP contribution in [0.1, 0.15) is 26.7 Å². The van der Waals surface area contributed by atoms with Gasteiger partial charge in [-0.05, 0) is 11.8 Å². The normalized spacial score (nSPS) is 11.4. The van der Waals surface area contributed by atoms with Crippen molar-refractivity contribution in [3.8, 4) is 0 Å². The second kappa shape index (κ2) is 4.04. The Bertz CT molecular complexity index is 88.9. The molecule has 1 nitrogen and oxygen atoms in total. The molecule has 0 fully saturated rings. The fraction of sp³-hybridized carbons (Fsp3) is 0.857. The molecule has 9 heavy (non-hydrogen) atoms. The van der Waals surface area contributed by atoms with Crippen LogP contribution in [-0.4, -0.2) is 11.6 Å². The zero-order chi connectivity index (χ0) is 7.33. The molecular weight excluding hydrogens is 180 g/mol. The summed E-state index contributed by atoms with van der Waals surface area (Å²) in [5, 5.41) is 0.960. The van der Waals surface area contributed by atoms with Gasteiger partial charge in [0, 0.05) is 11.8 Å². The SMILES string of the molecule is CC(C)(C[C]=O)CCBr. The van der Waals surface area contributed by atoms with Crippen LogP contribution in [0.2, 0.25) is 0 Å². The van der Waals surface area contributed by atoms with Crippen LogP contribution < -0.4 is 0 Å². The van der Waals surface area contributed by atoms with Crippen LogP contribution in [0.15, 0.2) is 0 Å². The molecule has 0 saturated heterocycles. The van der Waals surface area contributed by atoms with Crippen LogP contribution in [0.5, 0.6) is 0 Å². The maximum atomic E-state index is 9.95. The molecular formula is C7H12BrO. The number of hydrogen-bond acceptors (Lipinski definition) is 1. The van der Waals surface area contributed by atoms with Gasteiger partial charge in [-0.3, -0.25) is 4.79 Å². The highest BCUT2D eigenvalue weighted by atomic mass is 79.9. The third kappa shape index (κ3) is 4.64. The lowest BCUT2D eigenvalue weighted by Gasteiger charge is -2.18. The first-order valence-electron chi connectivity index (χ1n) is 3.03. The molecule has 1 radical (unpaired) electrons. The number of halogens is 1. The minimum absolute atomic E-state index is 0.130. The van der Waals surface area contributed by atoms with Crippen LogP contribution in [0.3, 0.4) is 0 Å².